The van der Waals surface area contributed by atoms with Crippen LogP contribution >= 0.6 is 0 Å². The van der Waals surface area contributed by atoms with Crippen LogP contribution in [-0.4, -0.2) is 41.2 Å². The zero-order valence-electron chi connectivity index (χ0n) is 11.2. The van der Waals surface area contributed by atoms with Crippen LogP contribution in [0.3, 0.4) is 0 Å². The molecule has 1 aromatic rings. The molecule has 0 saturated heterocycles. The van der Waals surface area contributed by atoms with Gasteiger partial charge in [0.1, 0.15) is 17.6 Å². The number of carboxylic acids is 1. The van der Waals surface area contributed by atoms with Crippen LogP contribution in [0.4, 0.5) is 11.5 Å². The van der Waals surface area contributed by atoms with E-state index in [-0.39, 0.29) is 17.1 Å². The SMILES string of the molecule is COCCCCCNc1ncc([N+](=O)[O-])cc1C(=O)O. The van der Waals surface area contributed by atoms with Crippen molar-refractivity contribution in [2.45, 2.75) is 19.3 Å². The molecular formula is C12H17N3O5. The van der Waals surface area contributed by atoms with Crippen molar-refractivity contribution in [3.05, 3.63) is 27.9 Å². The number of aromatic carboxylic acids is 1. The Morgan fingerprint density at radius 2 is 2.25 bits per heavy atom. The van der Waals surface area contributed by atoms with E-state index < -0.39 is 10.9 Å². The molecule has 110 valence electrons. The Morgan fingerprint density at radius 1 is 1.50 bits per heavy atom. The number of hydrogen-bond donors (Lipinski definition) is 2. The van der Waals surface area contributed by atoms with Crippen LogP contribution in [0.1, 0.15) is 29.6 Å². The quantitative estimate of drug-likeness (QED) is 0.404. The minimum absolute atomic E-state index is 0.148. The fourth-order valence-corrected chi connectivity index (χ4v) is 1.61. The van der Waals surface area contributed by atoms with Gasteiger partial charge < -0.3 is 15.2 Å². The van der Waals surface area contributed by atoms with Crippen LogP contribution < -0.4 is 5.32 Å². The van der Waals surface area contributed by atoms with Crippen molar-refractivity contribution in [1.82, 2.24) is 4.98 Å². The zero-order chi connectivity index (χ0) is 15.0. The van der Waals surface area contributed by atoms with Crippen LogP contribution in [0.2, 0.25) is 0 Å². The summed E-state index contributed by atoms with van der Waals surface area (Å²) in [5.41, 5.74) is -0.538. The Bertz CT molecular complexity index is 478. The molecule has 0 aliphatic carbocycles. The van der Waals surface area contributed by atoms with Gasteiger partial charge in [-0.05, 0) is 19.3 Å². The van der Waals surface area contributed by atoms with Gasteiger partial charge in [-0.25, -0.2) is 9.78 Å². The van der Waals surface area contributed by atoms with Crippen molar-refractivity contribution in [3.8, 4) is 0 Å². The molecule has 1 rings (SSSR count). The van der Waals surface area contributed by atoms with Gasteiger partial charge in [-0.2, -0.15) is 0 Å². The molecule has 1 aromatic heterocycles. The number of nitrogens with zero attached hydrogens (tertiary/aromatic N) is 2. The number of nitrogens with one attached hydrogen (secondary N) is 1. The second-order valence-electron chi connectivity index (χ2n) is 4.13. The first-order valence-corrected chi connectivity index (χ1v) is 6.16. The van der Waals surface area contributed by atoms with Gasteiger partial charge in [0.25, 0.3) is 5.69 Å². The molecule has 8 heteroatoms. The predicted octanol–water partition coefficient (Wildman–Crippen LogP) is 1.92. The van der Waals surface area contributed by atoms with Crippen LogP contribution in [-0.2, 0) is 4.74 Å². The van der Waals surface area contributed by atoms with E-state index in [0.29, 0.717) is 13.2 Å². The Balaban J connectivity index is 2.60. The first kappa shape index (κ1) is 15.8. The Kier molecular flexibility index (Phi) is 6.38. The smallest absolute Gasteiger partial charge is 0.339 e. The normalized spacial score (nSPS) is 10.2. The first-order chi connectivity index (χ1) is 9.56. The van der Waals surface area contributed by atoms with E-state index in [0.717, 1.165) is 31.5 Å². The van der Waals surface area contributed by atoms with Gasteiger partial charge in [-0.15, -0.1) is 0 Å². The van der Waals surface area contributed by atoms with E-state index in [4.69, 9.17) is 9.84 Å². The lowest BCUT2D eigenvalue weighted by molar-refractivity contribution is -0.385. The summed E-state index contributed by atoms with van der Waals surface area (Å²) in [5.74, 6) is -1.10. The molecule has 0 saturated carbocycles. The molecule has 0 aliphatic heterocycles. The number of nitro groups is 1. The lowest BCUT2D eigenvalue weighted by Crippen LogP contribution is -2.10. The summed E-state index contributed by atoms with van der Waals surface area (Å²) in [7, 11) is 1.64. The van der Waals surface area contributed by atoms with Crippen LogP contribution in [0.15, 0.2) is 12.3 Å². The second-order valence-corrected chi connectivity index (χ2v) is 4.13. The number of carbonyl (C=O) groups is 1. The minimum atomic E-state index is -1.25. The average Bonchev–Trinajstić information content (AvgIpc) is 2.42. The molecular weight excluding hydrogens is 266 g/mol. The summed E-state index contributed by atoms with van der Waals surface area (Å²) in [6.45, 7) is 1.24. The maximum absolute atomic E-state index is 11.1. The fraction of sp³-hybridized carbons (Fsp3) is 0.500. The molecule has 0 amide bonds. The van der Waals surface area contributed by atoms with E-state index >= 15 is 0 Å². The van der Waals surface area contributed by atoms with Crippen molar-refractivity contribution < 1.29 is 19.6 Å². The Morgan fingerprint density at radius 3 is 2.85 bits per heavy atom. The van der Waals surface area contributed by atoms with Crippen molar-refractivity contribution in [2.75, 3.05) is 25.6 Å². The van der Waals surface area contributed by atoms with Crippen LogP contribution in [0, 0.1) is 10.1 Å². The average molecular weight is 283 g/mol. The summed E-state index contributed by atoms with van der Waals surface area (Å²) in [4.78, 5) is 24.8. The van der Waals surface area contributed by atoms with E-state index in [9.17, 15) is 14.9 Å². The number of anilines is 1. The largest absolute Gasteiger partial charge is 0.478 e. The molecule has 0 atom stereocenters. The van der Waals surface area contributed by atoms with E-state index in [1.807, 2.05) is 0 Å². The molecule has 0 aliphatic rings. The highest BCUT2D eigenvalue weighted by Crippen LogP contribution is 2.19. The first-order valence-electron chi connectivity index (χ1n) is 6.16. The number of rotatable bonds is 9. The van der Waals surface area contributed by atoms with Crippen LogP contribution in [0.25, 0.3) is 0 Å². The number of hydrogen-bond acceptors (Lipinski definition) is 6. The number of aromatic nitrogens is 1. The van der Waals surface area contributed by atoms with E-state index in [1.165, 1.54) is 0 Å². The molecule has 1 heterocycles. The molecule has 0 unspecified atom stereocenters. The molecule has 0 fully saturated rings. The van der Waals surface area contributed by atoms with Gasteiger partial charge >= 0.3 is 5.97 Å². The Hall–Kier alpha value is -2.22. The van der Waals surface area contributed by atoms with Crippen molar-refractivity contribution in [3.63, 3.8) is 0 Å². The summed E-state index contributed by atoms with van der Waals surface area (Å²) in [6, 6.07) is 1.00. The lowest BCUT2D eigenvalue weighted by atomic mass is 10.2. The third-order valence-electron chi connectivity index (χ3n) is 2.63. The molecule has 20 heavy (non-hydrogen) atoms. The van der Waals surface area contributed by atoms with Crippen molar-refractivity contribution in [1.29, 1.82) is 0 Å². The minimum Gasteiger partial charge on any atom is -0.478 e. The highest BCUT2D eigenvalue weighted by Gasteiger charge is 2.17. The van der Waals surface area contributed by atoms with Gasteiger partial charge in [-0.3, -0.25) is 10.1 Å². The van der Waals surface area contributed by atoms with E-state index in [2.05, 4.69) is 10.3 Å². The Labute approximate surface area is 115 Å². The summed E-state index contributed by atoms with van der Waals surface area (Å²) < 4.78 is 4.92. The molecule has 0 aromatic carbocycles. The van der Waals surface area contributed by atoms with Crippen molar-refractivity contribution >= 4 is 17.5 Å². The number of pyridine rings is 1. The molecule has 8 nitrogen and oxygen atoms in total. The topological polar surface area (TPSA) is 115 Å². The maximum Gasteiger partial charge on any atom is 0.339 e. The fourth-order valence-electron chi connectivity index (χ4n) is 1.61. The number of carboxylic acid groups (broad SMARTS) is 1. The second kappa shape index (κ2) is 8.05. The van der Waals surface area contributed by atoms with Gasteiger partial charge in [0, 0.05) is 26.3 Å². The monoisotopic (exact) mass is 283 g/mol. The van der Waals surface area contributed by atoms with E-state index in [1.54, 1.807) is 7.11 Å². The highest BCUT2D eigenvalue weighted by atomic mass is 16.6. The number of ether oxygens (including phenoxy) is 1. The number of methoxy groups -OCH3 is 1. The lowest BCUT2D eigenvalue weighted by Gasteiger charge is -2.08. The molecule has 0 radical (unpaired) electrons. The highest BCUT2D eigenvalue weighted by molar-refractivity contribution is 5.93. The summed E-state index contributed by atoms with van der Waals surface area (Å²) >= 11 is 0. The standard InChI is InChI=1S/C12H17N3O5/c1-20-6-4-2-3-5-13-11-10(12(16)17)7-9(8-14-11)15(18)19/h7-8H,2-6H2,1H3,(H,13,14)(H,16,17). The molecule has 0 bridgehead atoms. The molecule has 0 spiro atoms. The predicted molar refractivity (Wildman–Crippen MR) is 72.1 cm³/mol. The van der Waals surface area contributed by atoms with Gasteiger partial charge in [-0.1, -0.05) is 0 Å². The summed E-state index contributed by atoms with van der Waals surface area (Å²) in [5, 5.41) is 22.5. The third-order valence-corrected chi connectivity index (χ3v) is 2.63. The summed E-state index contributed by atoms with van der Waals surface area (Å²) in [6.07, 6.45) is 3.74. The third kappa shape index (κ3) is 4.81. The van der Waals surface area contributed by atoms with Gasteiger partial charge in [0.05, 0.1) is 4.92 Å². The molecule has 2 N–H and O–H groups in total. The maximum atomic E-state index is 11.1. The zero-order valence-corrected chi connectivity index (χ0v) is 11.2. The van der Waals surface area contributed by atoms with Gasteiger partial charge in [0.2, 0.25) is 0 Å². The number of unbranched alkanes of at least 4 members (excludes halogenated alkanes) is 2. The van der Waals surface area contributed by atoms with Crippen molar-refractivity contribution in [2.24, 2.45) is 0 Å². The van der Waals surface area contributed by atoms with Gasteiger partial charge in [0.15, 0.2) is 0 Å². The van der Waals surface area contributed by atoms with Crippen LogP contribution in [0.5, 0.6) is 0 Å².